The van der Waals surface area contributed by atoms with E-state index in [-0.39, 0.29) is 11.9 Å². The lowest BCUT2D eigenvalue weighted by atomic mass is 9.90. The Morgan fingerprint density at radius 3 is 2.60 bits per heavy atom. The number of carbonyl (C=O) groups is 1. The molecule has 0 aliphatic heterocycles. The minimum atomic E-state index is -0.426. The minimum absolute atomic E-state index is 0.111. The van der Waals surface area contributed by atoms with E-state index < -0.39 is 6.67 Å². The smallest absolute Gasteiger partial charge is 0.217 e. The van der Waals surface area contributed by atoms with Crippen LogP contribution >= 0.6 is 0 Å². The van der Waals surface area contributed by atoms with Crippen LogP contribution < -0.4 is 5.32 Å². The summed E-state index contributed by atoms with van der Waals surface area (Å²) in [6, 6.07) is -0.249. The van der Waals surface area contributed by atoms with Gasteiger partial charge >= 0.3 is 0 Å². The van der Waals surface area contributed by atoms with Gasteiger partial charge < -0.3 is 5.32 Å². The average molecular weight is 215 g/mol. The van der Waals surface area contributed by atoms with Crippen LogP contribution in [0.1, 0.15) is 46.0 Å². The highest BCUT2D eigenvalue weighted by Crippen LogP contribution is 2.41. The second-order valence-electron chi connectivity index (χ2n) is 4.60. The van der Waals surface area contributed by atoms with Gasteiger partial charge in [-0.2, -0.15) is 0 Å². The summed E-state index contributed by atoms with van der Waals surface area (Å²) in [7, 11) is 0. The van der Waals surface area contributed by atoms with Gasteiger partial charge in [-0.25, -0.2) is 4.39 Å². The third-order valence-corrected chi connectivity index (χ3v) is 3.19. The van der Waals surface area contributed by atoms with Gasteiger partial charge in [0.05, 0.1) is 6.04 Å². The van der Waals surface area contributed by atoms with Crippen molar-refractivity contribution in [2.45, 2.75) is 52.0 Å². The zero-order valence-electron chi connectivity index (χ0n) is 9.76. The van der Waals surface area contributed by atoms with Crippen molar-refractivity contribution in [3.05, 3.63) is 0 Å². The molecule has 0 saturated heterocycles. The molecule has 1 aliphatic rings. The first-order valence-electron chi connectivity index (χ1n) is 6.02. The Bertz CT molecular complexity index is 204. The predicted octanol–water partition coefficient (Wildman–Crippen LogP) is 2.68. The molecule has 0 heterocycles. The fourth-order valence-electron chi connectivity index (χ4n) is 2.25. The second-order valence-corrected chi connectivity index (χ2v) is 4.60. The molecule has 3 heteroatoms. The van der Waals surface area contributed by atoms with E-state index in [0.717, 1.165) is 19.3 Å². The summed E-state index contributed by atoms with van der Waals surface area (Å²) in [6.07, 6.45) is 5.75. The zero-order valence-corrected chi connectivity index (χ0v) is 9.76. The van der Waals surface area contributed by atoms with Crippen molar-refractivity contribution in [2.24, 2.45) is 11.8 Å². The Hall–Kier alpha value is -0.600. The average Bonchev–Trinajstić information content (AvgIpc) is 3.00. The van der Waals surface area contributed by atoms with Crippen LogP contribution in [0.3, 0.4) is 0 Å². The van der Waals surface area contributed by atoms with Crippen molar-refractivity contribution in [3.63, 3.8) is 0 Å². The topological polar surface area (TPSA) is 29.1 Å². The number of rotatable bonds is 7. The summed E-state index contributed by atoms with van der Waals surface area (Å²) in [4.78, 5) is 11.0. The third kappa shape index (κ3) is 4.18. The Labute approximate surface area is 91.6 Å². The molecular formula is C12H22FNO. The van der Waals surface area contributed by atoms with Gasteiger partial charge in [0.2, 0.25) is 5.91 Å². The van der Waals surface area contributed by atoms with Crippen molar-refractivity contribution in [2.75, 3.05) is 6.67 Å². The predicted molar refractivity (Wildman–Crippen MR) is 59.3 cm³/mol. The van der Waals surface area contributed by atoms with E-state index >= 15 is 0 Å². The Morgan fingerprint density at radius 1 is 1.53 bits per heavy atom. The minimum Gasteiger partial charge on any atom is -0.351 e. The summed E-state index contributed by atoms with van der Waals surface area (Å²) in [6.45, 7) is 3.18. The highest BCUT2D eigenvalue weighted by molar-refractivity contribution is 5.73. The van der Waals surface area contributed by atoms with Crippen molar-refractivity contribution in [1.29, 1.82) is 0 Å². The van der Waals surface area contributed by atoms with E-state index in [1.54, 1.807) is 0 Å². The SMILES string of the molecule is CCCCC(C1CC1)C(CF)NC(C)=O. The molecule has 1 fully saturated rings. The molecule has 1 saturated carbocycles. The number of carbonyl (C=O) groups excluding carboxylic acids is 1. The number of hydrogen-bond acceptors (Lipinski definition) is 1. The Morgan fingerprint density at radius 2 is 2.20 bits per heavy atom. The molecular weight excluding hydrogens is 193 g/mol. The fourth-order valence-corrected chi connectivity index (χ4v) is 2.25. The lowest BCUT2D eigenvalue weighted by Gasteiger charge is -2.25. The van der Waals surface area contributed by atoms with E-state index in [9.17, 15) is 9.18 Å². The second kappa shape index (κ2) is 6.09. The molecule has 1 rings (SSSR count). The van der Waals surface area contributed by atoms with Crippen molar-refractivity contribution >= 4 is 5.91 Å². The summed E-state index contributed by atoms with van der Waals surface area (Å²) < 4.78 is 12.9. The van der Waals surface area contributed by atoms with E-state index in [4.69, 9.17) is 0 Å². The summed E-state index contributed by atoms with van der Waals surface area (Å²) in [5, 5.41) is 2.75. The molecule has 1 amide bonds. The molecule has 1 N–H and O–H groups in total. The van der Waals surface area contributed by atoms with E-state index in [0.29, 0.717) is 11.8 Å². The lowest BCUT2D eigenvalue weighted by molar-refractivity contribution is -0.120. The largest absolute Gasteiger partial charge is 0.351 e. The normalized spacial score (nSPS) is 19.7. The van der Waals surface area contributed by atoms with Gasteiger partial charge in [-0.05, 0) is 31.1 Å². The fraction of sp³-hybridized carbons (Fsp3) is 0.917. The van der Waals surface area contributed by atoms with Gasteiger partial charge in [0.25, 0.3) is 0 Å². The molecule has 2 atom stereocenters. The van der Waals surface area contributed by atoms with Gasteiger partial charge in [-0.15, -0.1) is 0 Å². The van der Waals surface area contributed by atoms with Crippen LogP contribution in [0.25, 0.3) is 0 Å². The molecule has 2 nitrogen and oxygen atoms in total. The first-order valence-corrected chi connectivity index (χ1v) is 6.02. The van der Waals surface area contributed by atoms with Crippen LogP contribution in [0.4, 0.5) is 4.39 Å². The number of nitrogens with one attached hydrogen (secondary N) is 1. The van der Waals surface area contributed by atoms with Gasteiger partial charge in [0.15, 0.2) is 0 Å². The van der Waals surface area contributed by atoms with E-state index in [1.807, 2.05) is 0 Å². The van der Waals surface area contributed by atoms with Crippen molar-refractivity contribution < 1.29 is 9.18 Å². The van der Waals surface area contributed by atoms with Gasteiger partial charge in [0.1, 0.15) is 6.67 Å². The number of amides is 1. The van der Waals surface area contributed by atoms with Crippen molar-refractivity contribution in [3.8, 4) is 0 Å². The first kappa shape index (κ1) is 12.5. The maximum atomic E-state index is 12.9. The first-order chi connectivity index (χ1) is 7.19. The van der Waals surface area contributed by atoms with E-state index in [2.05, 4.69) is 12.2 Å². The highest BCUT2D eigenvalue weighted by Gasteiger charge is 2.36. The number of alkyl halides is 1. The van der Waals surface area contributed by atoms with Crippen LogP contribution in [0.5, 0.6) is 0 Å². The monoisotopic (exact) mass is 215 g/mol. The molecule has 0 radical (unpaired) electrons. The van der Waals surface area contributed by atoms with Crippen molar-refractivity contribution in [1.82, 2.24) is 5.32 Å². The summed E-state index contributed by atoms with van der Waals surface area (Å²) >= 11 is 0. The maximum Gasteiger partial charge on any atom is 0.217 e. The quantitative estimate of drug-likeness (QED) is 0.695. The molecule has 0 spiro atoms. The van der Waals surface area contributed by atoms with Gasteiger partial charge in [-0.3, -0.25) is 4.79 Å². The molecule has 88 valence electrons. The maximum absolute atomic E-state index is 12.9. The third-order valence-electron chi connectivity index (χ3n) is 3.19. The highest BCUT2D eigenvalue weighted by atomic mass is 19.1. The van der Waals surface area contributed by atoms with Crippen LogP contribution in [-0.4, -0.2) is 18.6 Å². The van der Waals surface area contributed by atoms with Crippen LogP contribution in [0.2, 0.25) is 0 Å². The standard InChI is InChI=1S/C12H22FNO/c1-3-4-5-11(10-6-7-10)12(8-13)14-9(2)15/h10-12H,3-8H2,1-2H3,(H,14,15). The molecule has 1 aliphatic carbocycles. The number of unbranched alkanes of at least 4 members (excludes halogenated alkanes) is 1. The lowest BCUT2D eigenvalue weighted by Crippen LogP contribution is -2.41. The van der Waals surface area contributed by atoms with Gasteiger partial charge in [0, 0.05) is 6.92 Å². The summed E-state index contributed by atoms with van der Waals surface area (Å²) in [5.74, 6) is 0.905. The zero-order chi connectivity index (χ0) is 11.3. The number of hydrogen-bond donors (Lipinski definition) is 1. The summed E-state index contributed by atoms with van der Waals surface area (Å²) in [5.41, 5.74) is 0. The molecule has 0 bridgehead atoms. The molecule has 2 unspecified atom stereocenters. The van der Waals surface area contributed by atoms with E-state index in [1.165, 1.54) is 19.8 Å². The van der Waals surface area contributed by atoms with Crippen LogP contribution in [0.15, 0.2) is 0 Å². The molecule has 15 heavy (non-hydrogen) atoms. The molecule has 0 aromatic rings. The molecule has 0 aromatic carbocycles. The van der Waals surface area contributed by atoms with Crippen LogP contribution in [-0.2, 0) is 4.79 Å². The van der Waals surface area contributed by atoms with Gasteiger partial charge in [-0.1, -0.05) is 19.8 Å². The Balaban J connectivity index is 2.46. The Kier molecular flexibility index (Phi) is 5.06. The van der Waals surface area contributed by atoms with Crippen LogP contribution in [0, 0.1) is 11.8 Å². The molecule has 0 aromatic heterocycles. The number of halogens is 1.